The molecule has 0 aliphatic rings. The third kappa shape index (κ3) is 3.73. The summed E-state index contributed by atoms with van der Waals surface area (Å²) < 4.78 is 9.98. The average molecular weight is 377 g/mol. The minimum atomic E-state index is -0.946. The minimum absolute atomic E-state index is 0.152. The molecular formula is C18H10Cl2O5. The second-order valence-electron chi connectivity index (χ2n) is 5.11. The van der Waals surface area contributed by atoms with E-state index in [1.165, 1.54) is 24.3 Å². The number of para-hydroxylation sites is 1. The van der Waals surface area contributed by atoms with Crippen molar-refractivity contribution in [2.75, 3.05) is 6.61 Å². The first-order valence-corrected chi connectivity index (χ1v) is 7.89. The van der Waals surface area contributed by atoms with Crippen molar-refractivity contribution in [2.45, 2.75) is 0 Å². The van der Waals surface area contributed by atoms with Gasteiger partial charge in [-0.15, -0.1) is 0 Å². The summed E-state index contributed by atoms with van der Waals surface area (Å²) in [7, 11) is 0. The molecule has 0 bridgehead atoms. The predicted octanol–water partition coefficient (Wildman–Crippen LogP) is 4.14. The second kappa shape index (κ2) is 7.09. The van der Waals surface area contributed by atoms with E-state index in [2.05, 4.69) is 0 Å². The largest absolute Gasteiger partial charge is 0.453 e. The van der Waals surface area contributed by atoms with Gasteiger partial charge in [0.25, 0.3) is 0 Å². The maximum absolute atomic E-state index is 12.1. The van der Waals surface area contributed by atoms with Gasteiger partial charge in [-0.1, -0.05) is 41.4 Å². The van der Waals surface area contributed by atoms with Crippen molar-refractivity contribution in [2.24, 2.45) is 0 Å². The fraction of sp³-hybridized carbons (Fsp3) is 0.0556. The first-order valence-electron chi connectivity index (χ1n) is 7.14. The SMILES string of the molecule is O=C(COC(=O)c1cc2ccccc2oc1=O)c1ccc(Cl)cc1Cl. The van der Waals surface area contributed by atoms with E-state index in [0.29, 0.717) is 16.0 Å². The number of hydrogen-bond acceptors (Lipinski definition) is 5. The number of carbonyl (C=O) groups excluding carboxylic acids is 2. The second-order valence-corrected chi connectivity index (χ2v) is 5.95. The van der Waals surface area contributed by atoms with Crippen LogP contribution in [0.1, 0.15) is 20.7 Å². The third-order valence-electron chi connectivity index (χ3n) is 3.43. The number of hydrogen-bond donors (Lipinski definition) is 0. The van der Waals surface area contributed by atoms with E-state index >= 15 is 0 Å². The summed E-state index contributed by atoms with van der Waals surface area (Å²) in [4.78, 5) is 36.1. The summed E-state index contributed by atoms with van der Waals surface area (Å²) in [5.41, 5.74) is -0.591. The van der Waals surface area contributed by atoms with Crippen molar-refractivity contribution in [3.8, 4) is 0 Å². The summed E-state index contributed by atoms with van der Waals surface area (Å²) in [5, 5.41) is 1.10. The Morgan fingerprint density at radius 2 is 1.76 bits per heavy atom. The smallest absolute Gasteiger partial charge is 0.351 e. The molecule has 0 N–H and O–H groups in total. The van der Waals surface area contributed by atoms with Gasteiger partial charge in [0, 0.05) is 16.0 Å². The molecular weight excluding hydrogens is 367 g/mol. The summed E-state index contributed by atoms with van der Waals surface area (Å²) in [6, 6.07) is 12.5. The number of fused-ring (bicyclic) bond motifs is 1. The zero-order valence-electron chi connectivity index (χ0n) is 12.6. The first-order chi connectivity index (χ1) is 12.0. The Bertz CT molecular complexity index is 1040. The Morgan fingerprint density at radius 1 is 1.00 bits per heavy atom. The molecule has 0 saturated carbocycles. The fourth-order valence-corrected chi connectivity index (χ4v) is 2.72. The molecule has 1 heterocycles. The Kier molecular flexibility index (Phi) is 4.88. The molecule has 0 amide bonds. The monoisotopic (exact) mass is 376 g/mol. The van der Waals surface area contributed by atoms with Gasteiger partial charge in [0.2, 0.25) is 5.78 Å². The summed E-state index contributed by atoms with van der Waals surface area (Å²) in [6.45, 7) is -0.563. The maximum Gasteiger partial charge on any atom is 0.351 e. The van der Waals surface area contributed by atoms with Gasteiger partial charge in [-0.05, 0) is 30.3 Å². The molecule has 0 saturated heterocycles. The van der Waals surface area contributed by atoms with Crippen molar-refractivity contribution in [3.63, 3.8) is 0 Å². The maximum atomic E-state index is 12.1. The Balaban J connectivity index is 1.77. The number of esters is 1. The highest BCUT2D eigenvalue weighted by atomic mass is 35.5. The van der Waals surface area contributed by atoms with E-state index in [-0.39, 0.29) is 16.1 Å². The highest BCUT2D eigenvalue weighted by Crippen LogP contribution is 2.21. The average Bonchev–Trinajstić information content (AvgIpc) is 2.58. The fourth-order valence-electron chi connectivity index (χ4n) is 2.21. The van der Waals surface area contributed by atoms with Crippen LogP contribution in [0.5, 0.6) is 0 Å². The van der Waals surface area contributed by atoms with Crippen LogP contribution < -0.4 is 5.63 Å². The number of ketones is 1. The van der Waals surface area contributed by atoms with Gasteiger partial charge in [0.05, 0.1) is 5.02 Å². The lowest BCUT2D eigenvalue weighted by Gasteiger charge is -2.06. The van der Waals surface area contributed by atoms with Crippen molar-refractivity contribution < 1.29 is 18.7 Å². The van der Waals surface area contributed by atoms with E-state index in [1.54, 1.807) is 24.3 Å². The molecule has 3 rings (SSSR count). The lowest BCUT2D eigenvalue weighted by molar-refractivity contribution is 0.0471. The number of Topliss-reactive ketones (excluding diaryl/α,β-unsaturated/α-hetero) is 1. The molecule has 0 fully saturated rings. The van der Waals surface area contributed by atoms with Crippen LogP contribution in [-0.2, 0) is 4.74 Å². The minimum Gasteiger partial charge on any atom is -0.453 e. The number of halogens is 2. The van der Waals surface area contributed by atoms with Gasteiger partial charge >= 0.3 is 11.6 Å². The van der Waals surface area contributed by atoms with E-state index < -0.39 is 24.0 Å². The van der Waals surface area contributed by atoms with Gasteiger partial charge < -0.3 is 9.15 Å². The van der Waals surface area contributed by atoms with Crippen LogP contribution in [0.25, 0.3) is 11.0 Å². The molecule has 126 valence electrons. The van der Waals surface area contributed by atoms with E-state index in [1.807, 2.05) is 0 Å². The molecule has 0 radical (unpaired) electrons. The van der Waals surface area contributed by atoms with E-state index in [9.17, 15) is 14.4 Å². The predicted molar refractivity (Wildman–Crippen MR) is 93.6 cm³/mol. The molecule has 5 nitrogen and oxygen atoms in total. The highest BCUT2D eigenvalue weighted by Gasteiger charge is 2.18. The van der Waals surface area contributed by atoms with Crippen molar-refractivity contribution in [1.29, 1.82) is 0 Å². The van der Waals surface area contributed by atoms with Crippen LogP contribution in [0.3, 0.4) is 0 Å². The molecule has 2 aromatic carbocycles. The van der Waals surface area contributed by atoms with Gasteiger partial charge in [-0.2, -0.15) is 0 Å². The van der Waals surface area contributed by atoms with Crippen molar-refractivity contribution >= 4 is 45.9 Å². The molecule has 0 spiro atoms. The van der Waals surface area contributed by atoms with Gasteiger partial charge in [-0.3, -0.25) is 4.79 Å². The lowest BCUT2D eigenvalue weighted by atomic mass is 10.1. The van der Waals surface area contributed by atoms with Crippen molar-refractivity contribution in [1.82, 2.24) is 0 Å². The highest BCUT2D eigenvalue weighted by molar-refractivity contribution is 6.36. The van der Waals surface area contributed by atoms with Crippen LogP contribution >= 0.6 is 23.2 Å². The van der Waals surface area contributed by atoms with Crippen LogP contribution in [0.4, 0.5) is 0 Å². The molecule has 3 aromatic rings. The first kappa shape index (κ1) is 17.2. The van der Waals surface area contributed by atoms with Crippen LogP contribution in [0, 0.1) is 0 Å². The normalized spacial score (nSPS) is 10.6. The molecule has 7 heteroatoms. The van der Waals surface area contributed by atoms with Gasteiger partial charge in [0.15, 0.2) is 6.61 Å². The van der Waals surface area contributed by atoms with E-state index in [0.717, 1.165) is 0 Å². The summed E-state index contributed by atoms with van der Waals surface area (Å²) in [5.74, 6) is -1.46. The zero-order valence-corrected chi connectivity index (χ0v) is 14.1. The number of ether oxygens (including phenoxy) is 1. The molecule has 0 unspecified atom stereocenters. The molecule has 1 aromatic heterocycles. The van der Waals surface area contributed by atoms with Crippen molar-refractivity contribution in [3.05, 3.63) is 80.1 Å². The molecule has 0 atom stereocenters. The standard InChI is InChI=1S/C18H10Cl2O5/c19-11-5-6-12(14(20)8-11)15(21)9-24-17(22)13-7-10-3-1-2-4-16(10)25-18(13)23/h1-8H,9H2. The number of carbonyl (C=O) groups is 2. The van der Waals surface area contributed by atoms with Crippen LogP contribution in [0.2, 0.25) is 10.0 Å². The Morgan fingerprint density at radius 3 is 2.52 bits per heavy atom. The number of rotatable bonds is 4. The van der Waals surface area contributed by atoms with Crippen LogP contribution in [0.15, 0.2) is 57.7 Å². The molecule has 0 aliphatic carbocycles. The molecule has 0 aliphatic heterocycles. The van der Waals surface area contributed by atoms with E-state index in [4.69, 9.17) is 32.4 Å². The van der Waals surface area contributed by atoms with Gasteiger partial charge in [0.1, 0.15) is 11.1 Å². The Hall–Kier alpha value is -2.63. The summed E-state index contributed by atoms with van der Waals surface area (Å²) in [6.07, 6.45) is 0. The quantitative estimate of drug-likeness (QED) is 0.388. The molecule has 25 heavy (non-hydrogen) atoms. The summed E-state index contributed by atoms with van der Waals surface area (Å²) >= 11 is 11.7. The Labute approximate surface area is 151 Å². The zero-order chi connectivity index (χ0) is 18.0. The number of benzene rings is 2. The van der Waals surface area contributed by atoms with Crippen LogP contribution in [-0.4, -0.2) is 18.4 Å². The van der Waals surface area contributed by atoms with Gasteiger partial charge in [-0.25, -0.2) is 9.59 Å². The third-order valence-corrected chi connectivity index (χ3v) is 3.98. The lowest BCUT2D eigenvalue weighted by Crippen LogP contribution is -2.20. The topological polar surface area (TPSA) is 73.6 Å².